The van der Waals surface area contributed by atoms with Gasteiger partial charge in [0.1, 0.15) is 0 Å². The van der Waals surface area contributed by atoms with E-state index in [1.807, 2.05) is 6.92 Å². The molecule has 0 aromatic rings. The van der Waals surface area contributed by atoms with Crippen molar-refractivity contribution in [2.75, 3.05) is 13.2 Å². The molecule has 0 bridgehead atoms. The van der Waals surface area contributed by atoms with Gasteiger partial charge in [0.15, 0.2) is 0 Å². The minimum atomic E-state index is -0.154. The van der Waals surface area contributed by atoms with Crippen molar-refractivity contribution in [1.29, 1.82) is 0 Å². The third-order valence-corrected chi connectivity index (χ3v) is 5.12. The van der Waals surface area contributed by atoms with E-state index in [1.165, 1.54) is 44.9 Å². The first kappa shape index (κ1) is 22.0. The maximum Gasteiger partial charge on any atom is 0.308 e. The van der Waals surface area contributed by atoms with E-state index in [9.17, 15) is 9.59 Å². The van der Waals surface area contributed by atoms with Crippen LogP contribution in [0.5, 0.6) is 0 Å². The Labute approximate surface area is 154 Å². The molecule has 0 radical (unpaired) electrons. The van der Waals surface area contributed by atoms with Gasteiger partial charge in [-0.25, -0.2) is 0 Å². The average Bonchev–Trinajstić information content (AvgIpc) is 2.63. The van der Waals surface area contributed by atoms with Crippen LogP contribution in [0.25, 0.3) is 0 Å². The lowest BCUT2D eigenvalue weighted by molar-refractivity contribution is -0.154. The first-order chi connectivity index (χ1) is 12.2. The summed E-state index contributed by atoms with van der Waals surface area (Å²) in [5.74, 6) is -0.520. The van der Waals surface area contributed by atoms with E-state index in [0.717, 1.165) is 32.1 Å². The van der Waals surface area contributed by atoms with Gasteiger partial charge >= 0.3 is 11.9 Å². The summed E-state index contributed by atoms with van der Waals surface area (Å²) in [4.78, 5) is 24.0. The van der Waals surface area contributed by atoms with Crippen LogP contribution in [0.2, 0.25) is 0 Å². The van der Waals surface area contributed by atoms with E-state index in [4.69, 9.17) is 9.47 Å². The third kappa shape index (κ3) is 9.86. The van der Waals surface area contributed by atoms with Gasteiger partial charge in [0.2, 0.25) is 0 Å². The zero-order chi connectivity index (χ0) is 18.3. The molecule has 0 aromatic carbocycles. The summed E-state index contributed by atoms with van der Waals surface area (Å²) in [7, 11) is 0. The van der Waals surface area contributed by atoms with Crippen molar-refractivity contribution >= 4 is 11.9 Å². The van der Waals surface area contributed by atoms with Crippen LogP contribution in [0.3, 0.4) is 0 Å². The van der Waals surface area contributed by atoms with Crippen LogP contribution in [0.1, 0.15) is 97.3 Å². The summed E-state index contributed by atoms with van der Waals surface area (Å²) in [5, 5.41) is 0. The number of carbonyl (C=O) groups excluding carboxylic acids is 2. The molecule has 146 valence electrons. The first-order valence-electron chi connectivity index (χ1n) is 10.5. The quantitative estimate of drug-likeness (QED) is 0.327. The fourth-order valence-corrected chi connectivity index (χ4v) is 3.58. The monoisotopic (exact) mass is 354 g/mol. The van der Waals surface area contributed by atoms with Crippen molar-refractivity contribution in [3.05, 3.63) is 0 Å². The fraction of sp³-hybridized carbons (Fsp3) is 0.905. The molecular formula is C21H38O4. The lowest BCUT2D eigenvalue weighted by atomic mass is 9.81. The van der Waals surface area contributed by atoms with Gasteiger partial charge in [-0.05, 0) is 32.6 Å². The molecule has 0 aliphatic heterocycles. The molecule has 4 nitrogen and oxygen atoms in total. The number of unbranched alkanes of at least 4 members (excludes halogenated alkanes) is 8. The molecule has 0 aromatic heterocycles. The van der Waals surface area contributed by atoms with Crippen LogP contribution in [0.4, 0.5) is 0 Å². The highest BCUT2D eigenvalue weighted by atomic mass is 16.5. The van der Waals surface area contributed by atoms with E-state index < -0.39 is 0 Å². The second-order valence-electron chi connectivity index (χ2n) is 7.31. The summed E-state index contributed by atoms with van der Waals surface area (Å²) >= 11 is 0. The van der Waals surface area contributed by atoms with Gasteiger partial charge in [0, 0.05) is 0 Å². The molecule has 0 amide bonds. The van der Waals surface area contributed by atoms with E-state index in [0.29, 0.717) is 19.6 Å². The maximum atomic E-state index is 12.2. The molecule has 0 N–H and O–H groups in total. The van der Waals surface area contributed by atoms with Crippen LogP contribution in [-0.2, 0) is 19.1 Å². The second-order valence-corrected chi connectivity index (χ2v) is 7.31. The van der Waals surface area contributed by atoms with Crippen molar-refractivity contribution in [2.45, 2.75) is 97.3 Å². The Morgan fingerprint density at radius 3 is 1.84 bits per heavy atom. The van der Waals surface area contributed by atoms with Crippen LogP contribution >= 0.6 is 0 Å². The smallest absolute Gasteiger partial charge is 0.308 e. The standard InChI is InChI=1S/C21H38O4/c1-3-5-6-7-8-9-10-11-12-16-25-21(23)19-15-13-14-18(17-19)20(22)24-4-2/h18-19H,3-17H2,1-2H3. The minimum Gasteiger partial charge on any atom is -0.466 e. The Bertz CT molecular complexity index is 367. The SMILES string of the molecule is CCCCCCCCCCCOC(=O)C1CCCC(C(=O)OCC)C1. The highest BCUT2D eigenvalue weighted by molar-refractivity contribution is 5.76. The highest BCUT2D eigenvalue weighted by Gasteiger charge is 2.32. The largest absolute Gasteiger partial charge is 0.466 e. The van der Waals surface area contributed by atoms with Crippen LogP contribution < -0.4 is 0 Å². The molecule has 1 rings (SSSR count). The first-order valence-corrected chi connectivity index (χ1v) is 10.5. The normalized spacial score (nSPS) is 20.2. The maximum absolute atomic E-state index is 12.2. The van der Waals surface area contributed by atoms with E-state index >= 15 is 0 Å². The molecule has 1 aliphatic carbocycles. The van der Waals surface area contributed by atoms with Gasteiger partial charge in [0.05, 0.1) is 25.0 Å². The molecule has 2 unspecified atom stereocenters. The van der Waals surface area contributed by atoms with E-state index in [-0.39, 0.29) is 23.8 Å². The van der Waals surface area contributed by atoms with Crippen molar-refractivity contribution < 1.29 is 19.1 Å². The lowest BCUT2D eigenvalue weighted by Crippen LogP contribution is -2.29. The van der Waals surface area contributed by atoms with Crippen LogP contribution in [-0.4, -0.2) is 25.2 Å². The van der Waals surface area contributed by atoms with Gasteiger partial charge < -0.3 is 9.47 Å². The molecule has 1 saturated carbocycles. The molecule has 0 spiro atoms. The van der Waals surface area contributed by atoms with Crippen LogP contribution in [0, 0.1) is 11.8 Å². The minimum absolute atomic E-state index is 0.117. The molecule has 0 heterocycles. The van der Waals surface area contributed by atoms with Gasteiger partial charge in [0.25, 0.3) is 0 Å². The van der Waals surface area contributed by atoms with E-state index in [2.05, 4.69) is 6.92 Å². The Balaban J connectivity index is 2.05. The lowest BCUT2D eigenvalue weighted by Gasteiger charge is -2.26. The second kappa shape index (κ2) is 14.1. The Kier molecular flexibility index (Phi) is 12.4. The average molecular weight is 355 g/mol. The number of esters is 2. The third-order valence-electron chi connectivity index (χ3n) is 5.12. The highest BCUT2D eigenvalue weighted by Crippen LogP contribution is 2.30. The zero-order valence-electron chi connectivity index (χ0n) is 16.4. The molecule has 1 aliphatic rings. The molecule has 1 fully saturated rings. The number of rotatable bonds is 13. The molecular weight excluding hydrogens is 316 g/mol. The number of hydrogen-bond donors (Lipinski definition) is 0. The summed E-state index contributed by atoms with van der Waals surface area (Å²) in [5.41, 5.74) is 0. The summed E-state index contributed by atoms with van der Waals surface area (Å²) in [6.07, 6.45) is 14.5. The predicted octanol–water partition coefficient (Wildman–Crippen LogP) is 5.43. The van der Waals surface area contributed by atoms with Gasteiger partial charge in [-0.3, -0.25) is 9.59 Å². The molecule has 2 atom stereocenters. The van der Waals surface area contributed by atoms with Gasteiger partial charge in [-0.2, -0.15) is 0 Å². The summed E-state index contributed by atoms with van der Waals surface area (Å²) in [6, 6.07) is 0. The Hall–Kier alpha value is -1.06. The van der Waals surface area contributed by atoms with Gasteiger partial charge in [-0.15, -0.1) is 0 Å². The number of ether oxygens (including phenoxy) is 2. The molecule has 25 heavy (non-hydrogen) atoms. The summed E-state index contributed by atoms with van der Waals surface area (Å²) < 4.78 is 10.5. The Morgan fingerprint density at radius 1 is 0.760 bits per heavy atom. The van der Waals surface area contributed by atoms with Crippen molar-refractivity contribution in [2.24, 2.45) is 11.8 Å². The van der Waals surface area contributed by atoms with Gasteiger partial charge in [-0.1, -0.05) is 64.7 Å². The topological polar surface area (TPSA) is 52.6 Å². The number of carbonyl (C=O) groups is 2. The van der Waals surface area contributed by atoms with Crippen molar-refractivity contribution in [1.82, 2.24) is 0 Å². The zero-order valence-corrected chi connectivity index (χ0v) is 16.4. The summed E-state index contributed by atoms with van der Waals surface area (Å²) in [6.45, 7) is 4.99. The predicted molar refractivity (Wildman–Crippen MR) is 100 cm³/mol. The van der Waals surface area contributed by atoms with Crippen LogP contribution in [0.15, 0.2) is 0 Å². The Morgan fingerprint density at radius 2 is 1.28 bits per heavy atom. The molecule has 0 saturated heterocycles. The molecule has 4 heteroatoms. The fourth-order valence-electron chi connectivity index (χ4n) is 3.58. The van der Waals surface area contributed by atoms with E-state index in [1.54, 1.807) is 0 Å². The van der Waals surface area contributed by atoms with Crippen molar-refractivity contribution in [3.63, 3.8) is 0 Å². The van der Waals surface area contributed by atoms with Crippen molar-refractivity contribution in [3.8, 4) is 0 Å². The number of hydrogen-bond acceptors (Lipinski definition) is 4.